The molecule has 1 aromatic rings. The molecular formula is C13H11BrN2O3. The Kier molecular flexibility index (Phi) is 3.53. The molecule has 0 aromatic heterocycles. The van der Waals surface area contributed by atoms with Gasteiger partial charge < -0.3 is 0 Å². The summed E-state index contributed by atoms with van der Waals surface area (Å²) < 4.78 is 0.843. The van der Waals surface area contributed by atoms with Crippen molar-refractivity contribution in [2.24, 2.45) is 0 Å². The van der Waals surface area contributed by atoms with Crippen LogP contribution in [-0.4, -0.2) is 41.7 Å². The normalized spacial score (nSPS) is 16.2. The summed E-state index contributed by atoms with van der Waals surface area (Å²) in [5.74, 6) is -1.18. The number of nitrogens with zero attached hydrogens (tertiary/aromatic N) is 2. The Morgan fingerprint density at radius 3 is 2.16 bits per heavy atom. The first kappa shape index (κ1) is 13.5. The fraction of sp³-hybridized carbons (Fsp3) is 0.154. The lowest BCUT2D eigenvalue weighted by Crippen LogP contribution is -2.52. The van der Waals surface area contributed by atoms with Gasteiger partial charge in [0.2, 0.25) is 0 Å². The number of carbonyl (C=O) groups is 3. The molecule has 0 N–H and O–H groups in total. The second-order valence-electron chi connectivity index (χ2n) is 4.12. The average molecular weight is 323 g/mol. The van der Waals surface area contributed by atoms with Gasteiger partial charge in [-0.25, -0.2) is 4.79 Å². The van der Waals surface area contributed by atoms with Crippen molar-refractivity contribution in [2.75, 3.05) is 14.1 Å². The lowest BCUT2D eigenvalue weighted by atomic mass is 10.1. The molecule has 1 heterocycles. The van der Waals surface area contributed by atoms with E-state index in [0.717, 1.165) is 14.3 Å². The van der Waals surface area contributed by atoms with E-state index in [0.29, 0.717) is 5.56 Å². The number of benzene rings is 1. The molecule has 0 bridgehead atoms. The zero-order chi connectivity index (χ0) is 14.2. The standard InChI is InChI=1S/C13H11BrN2O3/c1-15-11(17)10(12(18)16(2)13(15)19)7-8-4-3-5-9(14)6-8/h3-7H,1-2H3. The second-order valence-corrected chi connectivity index (χ2v) is 5.04. The number of carbonyl (C=O) groups excluding carboxylic acids is 3. The number of urea groups is 1. The molecule has 4 amide bonds. The number of barbiturate groups is 1. The van der Waals surface area contributed by atoms with Crippen LogP contribution in [0.3, 0.4) is 0 Å². The molecule has 98 valence electrons. The summed E-state index contributed by atoms with van der Waals surface area (Å²) in [4.78, 5) is 37.3. The van der Waals surface area contributed by atoms with Gasteiger partial charge in [0.05, 0.1) is 0 Å². The average Bonchev–Trinajstić information content (AvgIpc) is 2.39. The summed E-state index contributed by atoms with van der Waals surface area (Å²) in [6, 6.07) is 6.57. The zero-order valence-corrected chi connectivity index (χ0v) is 12.0. The van der Waals surface area contributed by atoms with Gasteiger partial charge in [-0.1, -0.05) is 28.1 Å². The van der Waals surface area contributed by atoms with E-state index in [1.54, 1.807) is 18.2 Å². The Bertz CT molecular complexity index is 584. The second kappa shape index (κ2) is 4.97. The SMILES string of the molecule is CN1C(=O)C(=Cc2cccc(Br)c2)C(=O)N(C)C1=O. The molecule has 1 aliphatic rings. The molecular weight excluding hydrogens is 312 g/mol. The van der Waals surface area contributed by atoms with Crippen LogP contribution >= 0.6 is 15.9 Å². The number of amides is 4. The number of rotatable bonds is 1. The predicted molar refractivity (Wildman–Crippen MR) is 73.1 cm³/mol. The van der Waals surface area contributed by atoms with Gasteiger partial charge in [-0.15, -0.1) is 0 Å². The molecule has 1 saturated heterocycles. The van der Waals surface area contributed by atoms with Crippen molar-refractivity contribution in [3.05, 3.63) is 39.9 Å². The highest BCUT2D eigenvalue weighted by Crippen LogP contribution is 2.19. The maximum Gasteiger partial charge on any atom is 0.333 e. The first-order valence-electron chi connectivity index (χ1n) is 5.49. The molecule has 1 aliphatic heterocycles. The monoisotopic (exact) mass is 322 g/mol. The Labute approximate surface area is 118 Å². The first-order chi connectivity index (χ1) is 8.91. The molecule has 1 fully saturated rings. The Balaban J connectivity index is 2.45. The van der Waals surface area contributed by atoms with Gasteiger partial charge in [-0.2, -0.15) is 0 Å². The van der Waals surface area contributed by atoms with Crippen LogP contribution in [0.5, 0.6) is 0 Å². The van der Waals surface area contributed by atoms with Gasteiger partial charge in [0.1, 0.15) is 5.57 Å². The minimum absolute atomic E-state index is 0.0253. The Hall–Kier alpha value is -1.95. The first-order valence-corrected chi connectivity index (χ1v) is 6.28. The van der Waals surface area contributed by atoms with Crippen molar-refractivity contribution in [1.29, 1.82) is 0 Å². The molecule has 1 aromatic carbocycles. The molecule has 0 aliphatic carbocycles. The number of hydrogen-bond donors (Lipinski definition) is 0. The van der Waals surface area contributed by atoms with Gasteiger partial charge >= 0.3 is 6.03 Å². The minimum Gasteiger partial charge on any atom is -0.268 e. The molecule has 0 atom stereocenters. The summed E-state index contributed by atoms with van der Waals surface area (Å²) in [5, 5.41) is 0. The van der Waals surface area contributed by atoms with Gasteiger partial charge in [-0.05, 0) is 23.8 Å². The Morgan fingerprint density at radius 1 is 1.05 bits per heavy atom. The van der Waals surface area contributed by atoms with Gasteiger partial charge in [0.25, 0.3) is 11.8 Å². The molecule has 0 saturated carbocycles. The van der Waals surface area contributed by atoms with Crippen molar-refractivity contribution >= 4 is 39.9 Å². The third kappa shape index (κ3) is 2.44. The van der Waals surface area contributed by atoms with Crippen LogP contribution in [-0.2, 0) is 9.59 Å². The van der Waals surface area contributed by atoms with Crippen molar-refractivity contribution in [1.82, 2.24) is 9.80 Å². The number of hydrogen-bond acceptors (Lipinski definition) is 3. The van der Waals surface area contributed by atoms with E-state index >= 15 is 0 Å². The largest absolute Gasteiger partial charge is 0.333 e. The summed E-state index contributed by atoms with van der Waals surface area (Å²) in [7, 11) is 2.70. The topological polar surface area (TPSA) is 57.7 Å². The highest BCUT2D eigenvalue weighted by Gasteiger charge is 2.37. The Morgan fingerprint density at radius 2 is 1.63 bits per heavy atom. The van der Waals surface area contributed by atoms with E-state index in [-0.39, 0.29) is 5.57 Å². The molecule has 0 spiro atoms. The summed E-state index contributed by atoms with van der Waals surface area (Å²) in [6.45, 7) is 0. The van der Waals surface area contributed by atoms with E-state index in [4.69, 9.17) is 0 Å². The van der Waals surface area contributed by atoms with Gasteiger partial charge in [0, 0.05) is 18.6 Å². The quantitative estimate of drug-likeness (QED) is 0.586. The van der Waals surface area contributed by atoms with Crippen LogP contribution in [0.15, 0.2) is 34.3 Å². The lowest BCUT2D eigenvalue weighted by molar-refractivity contribution is -0.134. The van der Waals surface area contributed by atoms with Gasteiger partial charge in [-0.3, -0.25) is 19.4 Å². The lowest BCUT2D eigenvalue weighted by Gasteiger charge is -2.28. The maximum atomic E-state index is 12.0. The highest BCUT2D eigenvalue weighted by molar-refractivity contribution is 9.10. The molecule has 0 radical (unpaired) electrons. The fourth-order valence-electron chi connectivity index (χ4n) is 1.74. The predicted octanol–water partition coefficient (Wildman–Crippen LogP) is 1.88. The number of likely N-dealkylation sites (N-methyl/N-ethyl adjacent to an activating group) is 2. The smallest absolute Gasteiger partial charge is 0.268 e. The van der Waals surface area contributed by atoms with Crippen LogP contribution < -0.4 is 0 Å². The van der Waals surface area contributed by atoms with Crippen molar-refractivity contribution < 1.29 is 14.4 Å². The van der Waals surface area contributed by atoms with Crippen LogP contribution in [0.4, 0.5) is 4.79 Å². The van der Waals surface area contributed by atoms with Crippen LogP contribution in [0.2, 0.25) is 0 Å². The van der Waals surface area contributed by atoms with Crippen LogP contribution in [0, 0.1) is 0 Å². The molecule has 6 heteroatoms. The summed E-state index contributed by atoms with van der Waals surface area (Å²) in [6.07, 6.45) is 1.48. The van der Waals surface area contributed by atoms with Crippen LogP contribution in [0.25, 0.3) is 6.08 Å². The van der Waals surface area contributed by atoms with Crippen molar-refractivity contribution in [3.8, 4) is 0 Å². The maximum absolute atomic E-state index is 12.0. The van der Waals surface area contributed by atoms with Crippen LogP contribution in [0.1, 0.15) is 5.56 Å². The fourth-order valence-corrected chi connectivity index (χ4v) is 2.16. The third-order valence-electron chi connectivity index (χ3n) is 2.80. The van der Waals surface area contributed by atoms with Crippen molar-refractivity contribution in [2.45, 2.75) is 0 Å². The van der Waals surface area contributed by atoms with E-state index in [1.165, 1.54) is 20.2 Å². The summed E-state index contributed by atoms with van der Waals surface area (Å²) in [5.41, 5.74) is 0.685. The molecule has 0 unspecified atom stereocenters. The van der Waals surface area contributed by atoms with Gasteiger partial charge in [0.15, 0.2) is 0 Å². The highest BCUT2D eigenvalue weighted by atomic mass is 79.9. The third-order valence-corrected chi connectivity index (χ3v) is 3.30. The zero-order valence-electron chi connectivity index (χ0n) is 10.4. The minimum atomic E-state index is -0.624. The molecule has 5 nitrogen and oxygen atoms in total. The van der Waals surface area contributed by atoms with E-state index in [2.05, 4.69) is 15.9 Å². The summed E-state index contributed by atoms with van der Waals surface area (Å²) >= 11 is 3.32. The van der Waals surface area contributed by atoms with E-state index < -0.39 is 17.8 Å². The number of imide groups is 2. The molecule has 19 heavy (non-hydrogen) atoms. The van der Waals surface area contributed by atoms with Crippen molar-refractivity contribution in [3.63, 3.8) is 0 Å². The molecule has 2 rings (SSSR count). The van der Waals surface area contributed by atoms with E-state index in [1.807, 2.05) is 6.07 Å². The van der Waals surface area contributed by atoms with E-state index in [9.17, 15) is 14.4 Å². The number of halogens is 1.